The summed E-state index contributed by atoms with van der Waals surface area (Å²) in [6, 6.07) is 1.12. The average molecular weight is 378 g/mol. The number of rotatable bonds is 3. The number of aliphatic hydroxyl groups excluding tert-OH is 1. The molecule has 2 heterocycles. The molecule has 0 aliphatic rings. The Hall–Kier alpha value is -0.830. The van der Waals surface area contributed by atoms with Crippen molar-refractivity contribution in [2.75, 3.05) is 0 Å². The third-order valence-electron chi connectivity index (χ3n) is 2.27. The fourth-order valence-electron chi connectivity index (χ4n) is 1.25. The minimum Gasteiger partial charge on any atom is -0.391 e. The van der Waals surface area contributed by atoms with Crippen molar-refractivity contribution in [3.05, 3.63) is 27.1 Å². The first-order chi connectivity index (χ1) is 8.49. The van der Waals surface area contributed by atoms with Gasteiger partial charge in [-0.1, -0.05) is 5.16 Å². The SMILES string of the molecule is CC(O)C(N)c1nc(-c2ncc(Br)cc2Br)no1. The minimum atomic E-state index is -0.764. The highest BCUT2D eigenvalue weighted by molar-refractivity contribution is 9.11. The van der Waals surface area contributed by atoms with Crippen LogP contribution in [0.5, 0.6) is 0 Å². The molecule has 2 aromatic rings. The molecule has 0 amide bonds. The molecule has 2 aromatic heterocycles. The van der Waals surface area contributed by atoms with Crippen molar-refractivity contribution in [3.63, 3.8) is 0 Å². The summed E-state index contributed by atoms with van der Waals surface area (Å²) in [6.07, 6.45) is 0.865. The molecular formula is C10H10Br2N4O2. The molecule has 0 bridgehead atoms. The van der Waals surface area contributed by atoms with Gasteiger partial charge in [0, 0.05) is 15.1 Å². The highest BCUT2D eigenvalue weighted by Crippen LogP contribution is 2.27. The molecule has 0 fully saturated rings. The topological polar surface area (TPSA) is 98.1 Å². The first-order valence-electron chi connectivity index (χ1n) is 5.07. The quantitative estimate of drug-likeness (QED) is 0.849. The number of nitrogens with zero attached hydrogens (tertiary/aromatic N) is 3. The van der Waals surface area contributed by atoms with Crippen molar-refractivity contribution in [3.8, 4) is 11.5 Å². The Morgan fingerprint density at radius 1 is 1.44 bits per heavy atom. The molecule has 0 spiro atoms. The average Bonchev–Trinajstić information content (AvgIpc) is 2.77. The third-order valence-corrected chi connectivity index (χ3v) is 3.30. The predicted molar refractivity (Wildman–Crippen MR) is 71.5 cm³/mol. The van der Waals surface area contributed by atoms with Gasteiger partial charge in [-0.3, -0.25) is 4.98 Å². The number of aliphatic hydroxyl groups is 1. The number of aromatic nitrogens is 3. The molecule has 3 N–H and O–H groups in total. The van der Waals surface area contributed by atoms with Crippen LogP contribution in [0.25, 0.3) is 11.5 Å². The van der Waals surface area contributed by atoms with E-state index >= 15 is 0 Å². The predicted octanol–water partition coefficient (Wildman–Crippen LogP) is 2.04. The lowest BCUT2D eigenvalue weighted by Crippen LogP contribution is -2.23. The number of hydrogen-bond donors (Lipinski definition) is 2. The number of halogens is 2. The molecule has 8 heteroatoms. The zero-order valence-corrected chi connectivity index (χ0v) is 12.5. The maximum atomic E-state index is 9.36. The summed E-state index contributed by atoms with van der Waals surface area (Å²) in [6.45, 7) is 1.56. The van der Waals surface area contributed by atoms with E-state index in [0.29, 0.717) is 11.5 Å². The van der Waals surface area contributed by atoms with E-state index in [9.17, 15) is 5.11 Å². The van der Waals surface area contributed by atoms with E-state index in [0.717, 1.165) is 8.95 Å². The summed E-state index contributed by atoms with van der Waals surface area (Å²) in [7, 11) is 0. The van der Waals surface area contributed by atoms with Crippen LogP contribution >= 0.6 is 31.9 Å². The summed E-state index contributed by atoms with van der Waals surface area (Å²) in [5.74, 6) is 0.497. The summed E-state index contributed by atoms with van der Waals surface area (Å²) >= 11 is 6.67. The van der Waals surface area contributed by atoms with E-state index in [1.54, 1.807) is 13.1 Å². The molecule has 0 aliphatic heterocycles. The van der Waals surface area contributed by atoms with Crippen LogP contribution < -0.4 is 5.73 Å². The van der Waals surface area contributed by atoms with Gasteiger partial charge in [0.15, 0.2) is 0 Å². The molecule has 18 heavy (non-hydrogen) atoms. The van der Waals surface area contributed by atoms with Crippen molar-refractivity contribution in [2.45, 2.75) is 19.1 Å². The maximum absolute atomic E-state index is 9.36. The normalized spacial score (nSPS) is 14.5. The van der Waals surface area contributed by atoms with E-state index in [-0.39, 0.29) is 5.89 Å². The van der Waals surface area contributed by atoms with Crippen LogP contribution in [0.1, 0.15) is 18.9 Å². The third kappa shape index (κ3) is 2.77. The largest absolute Gasteiger partial charge is 0.391 e. The van der Waals surface area contributed by atoms with Gasteiger partial charge in [-0.15, -0.1) is 0 Å². The van der Waals surface area contributed by atoms with Crippen molar-refractivity contribution >= 4 is 31.9 Å². The molecule has 2 rings (SSSR count). The number of nitrogens with two attached hydrogens (primary N) is 1. The molecule has 96 valence electrons. The van der Waals surface area contributed by atoms with Crippen LogP contribution in [0.15, 0.2) is 25.7 Å². The Balaban J connectivity index is 2.35. The smallest absolute Gasteiger partial charge is 0.246 e. The fourth-order valence-corrected chi connectivity index (χ4v) is 2.42. The minimum absolute atomic E-state index is 0.177. The Kier molecular flexibility index (Phi) is 4.10. The van der Waals surface area contributed by atoms with Gasteiger partial charge in [0.2, 0.25) is 11.7 Å². The van der Waals surface area contributed by atoms with E-state index < -0.39 is 12.1 Å². The van der Waals surface area contributed by atoms with Crippen molar-refractivity contribution in [2.24, 2.45) is 5.73 Å². The lowest BCUT2D eigenvalue weighted by Gasteiger charge is -2.08. The highest BCUT2D eigenvalue weighted by Gasteiger charge is 2.21. The Bertz CT molecular complexity index is 559. The number of hydrogen-bond acceptors (Lipinski definition) is 6. The lowest BCUT2D eigenvalue weighted by molar-refractivity contribution is 0.146. The summed E-state index contributed by atoms with van der Waals surface area (Å²) in [5.41, 5.74) is 6.25. The molecule has 2 unspecified atom stereocenters. The molecule has 0 aromatic carbocycles. The lowest BCUT2D eigenvalue weighted by atomic mass is 10.2. The zero-order chi connectivity index (χ0) is 13.3. The van der Waals surface area contributed by atoms with Crippen LogP contribution in [-0.4, -0.2) is 26.3 Å². The van der Waals surface area contributed by atoms with E-state index in [2.05, 4.69) is 47.0 Å². The first kappa shape index (κ1) is 13.6. The second-order valence-electron chi connectivity index (χ2n) is 3.71. The summed E-state index contributed by atoms with van der Waals surface area (Å²) < 4.78 is 6.58. The molecule has 2 atom stereocenters. The van der Waals surface area contributed by atoms with Gasteiger partial charge in [0.1, 0.15) is 11.7 Å². The van der Waals surface area contributed by atoms with Gasteiger partial charge in [-0.25, -0.2) is 0 Å². The first-order valence-corrected chi connectivity index (χ1v) is 6.66. The van der Waals surface area contributed by atoms with Gasteiger partial charge in [0.05, 0.1) is 6.10 Å². The van der Waals surface area contributed by atoms with E-state index in [1.165, 1.54) is 0 Å². The Labute approximate surface area is 120 Å². The van der Waals surface area contributed by atoms with E-state index in [1.807, 2.05) is 6.07 Å². The second kappa shape index (κ2) is 5.43. The fraction of sp³-hybridized carbons (Fsp3) is 0.300. The highest BCUT2D eigenvalue weighted by atomic mass is 79.9. The molecule has 0 aliphatic carbocycles. The van der Waals surface area contributed by atoms with Gasteiger partial charge in [-0.2, -0.15) is 4.98 Å². The Morgan fingerprint density at radius 3 is 2.78 bits per heavy atom. The van der Waals surface area contributed by atoms with Gasteiger partial charge < -0.3 is 15.4 Å². The summed E-state index contributed by atoms with van der Waals surface area (Å²) in [5, 5.41) is 13.2. The zero-order valence-electron chi connectivity index (χ0n) is 9.34. The Morgan fingerprint density at radius 2 is 2.17 bits per heavy atom. The number of pyridine rings is 1. The van der Waals surface area contributed by atoms with Gasteiger partial charge in [0.25, 0.3) is 0 Å². The van der Waals surface area contributed by atoms with Crippen LogP contribution in [-0.2, 0) is 0 Å². The van der Waals surface area contributed by atoms with Crippen LogP contribution in [0.2, 0.25) is 0 Å². The molecule has 0 saturated carbocycles. The van der Waals surface area contributed by atoms with Crippen molar-refractivity contribution < 1.29 is 9.63 Å². The van der Waals surface area contributed by atoms with E-state index in [4.69, 9.17) is 10.3 Å². The maximum Gasteiger partial charge on any atom is 0.246 e. The summed E-state index contributed by atoms with van der Waals surface area (Å²) in [4.78, 5) is 8.31. The van der Waals surface area contributed by atoms with Gasteiger partial charge >= 0.3 is 0 Å². The molecule has 0 radical (unpaired) electrons. The molecule has 6 nitrogen and oxygen atoms in total. The second-order valence-corrected chi connectivity index (χ2v) is 5.48. The molecular weight excluding hydrogens is 368 g/mol. The molecule has 0 saturated heterocycles. The monoisotopic (exact) mass is 376 g/mol. The standard InChI is InChI=1S/C10H10Br2N4O2/c1-4(17)7(13)10-15-9(16-18-10)8-6(12)2-5(11)3-14-8/h2-4,7,17H,13H2,1H3. The van der Waals surface area contributed by atoms with Crippen LogP contribution in [0.3, 0.4) is 0 Å². The van der Waals surface area contributed by atoms with Crippen molar-refractivity contribution in [1.82, 2.24) is 15.1 Å². The van der Waals surface area contributed by atoms with Crippen LogP contribution in [0, 0.1) is 0 Å². The van der Waals surface area contributed by atoms with Crippen LogP contribution in [0.4, 0.5) is 0 Å². The van der Waals surface area contributed by atoms with Crippen molar-refractivity contribution in [1.29, 1.82) is 0 Å². The van der Waals surface area contributed by atoms with Gasteiger partial charge in [-0.05, 0) is 44.8 Å².